The fourth-order valence-electron chi connectivity index (χ4n) is 6.14. The number of anilines is 1. The van der Waals surface area contributed by atoms with Crippen LogP contribution in [0.4, 0.5) is 10.2 Å². The summed E-state index contributed by atoms with van der Waals surface area (Å²) in [6.07, 6.45) is 6.71. The van der Waals surface area contributed by atoms with Crippen molar-refractivity contribution < 1.29 is 13.9 Å². The molecule has 0 spiro atoms. The third-order valence-corrected chi connectivity index (χ3v) is 9.27. The number of nitrogens with one attached hydrogen (secondary N) is 1. The average molecular weight is 569 g/mol. The van der Waals surface area contributed by atoms with Crippen molar-refractivity contribution in [1.29, 1.82) is 0 Å². The van der Waals surface area contributed by atoms with Crippen LogP contribution in [0.5, 0.6) is 0 Å². The second-order valence-electron chi connectivity index (χ2n) is 10.6. The monoisotopic (exact) mass is 568 g/mol. The zero-order valence-electron chi connectivity index (χ0n) is 22.3. The van der Waals surface area contributed by atoms with E-state index in [1.54, 1.807) is 22.9 Å². The lowest BCUT2D eigenvalue weighted by Crippen LogP contribution is -2.46. The molecule has 6 rings (SSSR count). The molecule has 40 heavy (non-hydrogen) atoms. The van der Waals surface area contributed by atoms with Gasteiger partial charge in [0.2, 0.25) is 0 Å². The van der Waals surface area contributed by atoms with Gasteiger partial charge in [-0.3, -0.25) is 18.7 Å². The summed E-state index contributed by atoms with van der Waals surface area (Å²) in [6.45, 7) is 2.55. The lowest BCUT2D eigenvalue weighted by molar-refractivity contribution is 0.0920. The highest BCUT2D eigenvalue weighted by atomic mass is 32.2. The molecular weight excluding hydrogens is 535 g/mol. The van der Waals surface area contributed by atoms with Crippen molar-refractivity contribution in [2.45, 2.75) is 56.7 Å². The number of rotatable bonds is 5. The molecule has 3 aliphatic rings. The Hall–Kier alpha value is -3.25. The number of thioether (sulfide) groups is 1. The SMILES string of the molecule is O=C(NC1CCC(n2c(=O)c3cc(F)cnc3n(C3CCSCC3)c2=O)CC1)c1cccnc1N1CCOCC1. The first-order valence-electron chi connectivity index (χ1n) is 14.0. The Morgan fingerprint density at radius 3 is 2.48 bits per heavy atom. The minimum atomic E-state index is -0.598. The normalized spacial score (nSPS) is 22.4. The molecular formula is C28H33FN6O4S. The summed E-state index contributed by atoms with van der Waals surface area (Å²) in [5, 5.41) is 3.29. The van der Waals surface area contributed by atoms with Gasteiger partial charge >= 0.3 is 5.69 Å². The van der Waals surface area contributed by atoms with Crippen molar-refractivity contribution in [3.05, 3.63) is 62.8 Å². The third-order valence-electron chi connectivity index (χ3n) is 8.22. The predicted molar refractivity (Wildman–Crippen MR) is 152 cm³/mol. The van der Waals surface area contributed by atoms with Crippen LogP contribution in [0.3, 0.4) is 0 Å². The van der Waals surface area contributed by atoms with E-state index in [0.29, 0.717) is 63.4 Å². The van der Waals surface area contributed by atoms with Gasteiger partial charge in [-0.25, -0.2) is 19.2 Å². The summed E-state index contributed by atoms with van der Waals surface area (Å²) in [5.74, 6) is 1.72. The number of halogens is 1. The standard InChI is InChI=1S/C28H33FN6O4S/c29-18-16-23-25(31-17-18)34(21-7-14-40-15-8-21)28(38)35(27(23)37)20-5-3-19(4-6-20)32-26(36)22-2-1-9-30-24(22)33-10-12-39-13-11-33/h1-2,9,16-17,19-21H,3-8,10-15H2,(H,32,36). The van der Waals surface area contributed by atoms with Crippen LogP contribution in [0.25, 0.3) is 11.0 Å². The molecule has 1 aliphatic carbocycles. The summed E-state index contributed by atoms with van der Waals surface area (Å²) >= 11 is 1.84. The fourth-order valence-corrected chi connectivity index (χ4v) is 7.22. The molecule has 1 N–H and O–H groups in total. The average Bonchev–Trinajstić information content (AvgIpc) is 2.99. The summed E-state index contributed by atoms with van der Waals surface area (Å²) in [6, 6.07) is 4.25. The van der Waals surface area contributed by atoms with Gasteiger partial charge in [0, 0.05) is 37.4 Å². The number of pyridine rings is 2. The van der Waals surface area contributed by atoms with Crippen LogP contribution in [-0.2, 0) is 4.74 Å². The van der Waals surface area contributed by atoms with E-state index in [-0.39, 0.29) is 40.8 Å². The molecule has 212 valence electrons. The van der Waals surface area contributed by atoms with Crippen molar-refractivity contribution in [2.24, 2.45) is 0 Å². The number of morpholine rings is 1. The topological polar surface area (TPSA) is 111 Å². The quantitative estimate of drug-likeness (QED) is 0.500. The molecule has 0 unspecified atom stereocenters. The highest BCUT2D eigenvalue weighted by Crippen LogP contribution is 2.30. The highest BCUT2D eigenvalue weighted by molar-refractivity contribution is 7.99. The molecule has 3 fully saturated rings. The second-order valence-corrected chi connectivity index (χ2v) is 11.9. The predicted octanol–water partition coefficient (Wildman–Crippen LogP) is 2.91. The van der Waals surface area contributed by atoms with Crippen LogP contribution in [0.2, 0.25) is 0 Å². The minimum Gasteiger partial charge on any atom is -0.378 e. The number of hydrogen-bond donors (Lipinski definition) is 1. The molecule has 0 bridgehead atoms. The number of aromatic nitrogens is 4. The highest BCUT2D eigenvalue weighted by Gasteiger charge is 2.30. The zero-order chi connectivity index (χ0) is 27.6. The second kappa shape index (κ2) is 11.7. The van der Waals surface area contributed by atoms with E-state index in [1.807, 2.05) is 11.8 Å². The Kier molecular flexibility index (Phi) is 7.88. The maximum Gasteiger partial charge on any atom is 0.333 e. The molecule has 2 saturated heterocycles. The molecule has 12 heteroatoms. The van der Waals surface area contributed by atoms with Crippen LogP contribution >= 0.6 is 11.8 Å². The van der Waals surface area contributed by atoms with Gasteiger partial charge in [-0.1, -0.05) is 0 Å². The largest absolute Gasteiger partial charge is 0.378 e. The molecule has 3 aromatic rings. The van der Waals surface area contributed by atoms with E-state index in [2.05, 4.69) is 20.2 Å². The van der Waals surface area contributed by atoms with Gasteiger partial charge in [0.15, 0.2) is 0 Å². The molecule has 0 atom stereocenters. The summed E-state index contributed by atoms with van der Waals surface area (Å²) in [4.78, 5) is 51.3. The molecule has 1 saturated carbocycles. The van der Waals surface area contributed by atoms with E-state index in [4.69, 9.17) is 4.74 Å². The van der Waals surface area contributed by atoms with Gasteiger partial charge in [-0.15, -0.1) is 0 Å². The minimum absolute atomic E-state index is 0.0724. The first-order valence-corrected chi connectivity index (χ1v) is 15.2. The maximum atomic E-state index is 14.2. The van der Waals surface area contributed by atoms with Gasteiger partial charge in [0.05, 0.1) is 30.4 Å². The number of ether oxygens (including phenoxy) is 1. The number of fused-ring (bicyclic) bond motifs is 1. The van der Waals surface area contributed by atoms with Crippen LogP contribution in [-0.4, -0.2) is 68.9 Å². The van der Waals surface area contributed by atoms with E-state index in [9.17, 15) is 18.8 Å². The third kappa shape index (κ3) is 5.26. The summed E-state index contributed by atoms with van der Waals surface area (Å²) < 4.78 is 22.6. The van der Waals surface area contributed by atoms with Crippen molar-refractivity contribution in [3.8, 4) is 0 Å². The van der Waals surface area contributed by atoms with Crippen LogP contribution < -0.4 is 21.5 Å². The number of carbonyl (C=O) groups excluding carboxylic acids is 1. The van der Waals surface area contributed by atoms with Crippen molar-refractivity contribution in [2.75, 3.05) is 42.7 Å². The number of hydrogen-bond acceptors (Lipinski definition) is 8. The van der Waals surface area contributed by atoms with Gasteiger partial charge in [-0.05, 0) is 68.2 Å². The van der Waals surface area contributed by atoms with Gasteiger partial charge in [-0.2, -0.15) is 11.8 Å². The lowest BCUT2D eigenvalue weighted by atomic mass is 9.90. The Bertz CT molecular complexity index is 1510. The van der Waals surface area contributed by atoms with Crippen LogP contribution in [0.1, 0.15) is 61.0 Å². The van der Waals surface area contributed by atoms with Crippen molar-refractivity contribution in [1.82, 2.24) is 24.4 Å². The van der Waals surface area contributed by atoms with E-state index >= 15 is 0 Å². The summed E-state index contributed by atoms with van der Waals surface area (Å²) in [5.41, 5.74) is -0.0729. The molecule has 1 amide bonds. The van der Waals surface area contributed by atoms with E-state index < -0.39 is 11.4 Å². The first kappa shape index (κ1) is 26.9. The Morgan fingerprint density at radius 2 is 1.73 bits per heavy atom. The molecule has 2 aliphatic heterocycles. The molecule has 0 radical (unpaired) electrons. The van der Waals surface area contributed by atoms with Gasteiger partial charge in [0.1, 0.15) is 17.3 Å². The van der Waals surface area contributed by atoms with Crippen LogP contribution in [0, 0.1) is 5.82 Å². The van der Waals surface area contributed by atoms with Crippen LogP contribution in [0.15, 0.2) is 40.2 Å². The Labute approximate surface area is 234 Å². The Morgan fingerprint density at radius 1 is 1.00 bits per heavy atom. The maximum absolute atomic E-state index is 14.2. The van der Waals surface area contributed by atoms with Gasteiger partial charge < -0.3 is 15.0 Å². The smallest absolute Gasteiger partial charge is 0.333 e. The first-order chi connectivity index (χ1) is 19.5. The van der Waals surface area contributed by atoms with Crippen molar-refractivity contribution in [3.63, 3.8) is 0 Å². The number of amides is 1. The molecule has 0 aromatic carbocycles. The van der Waals surface area contributed by atoms with E-state index in [1.165, 1.54) is 10.6 Å². The molecule has 10 nitrogen and oxygen atoms in total. The molecule has 3 aromatic heterocycles. The summed E-state index contributed by atoms with van der Waals surface area (Å²) in [7, 11) is 0. The van der Waals surface area contributed by atoms with Gasteiger partial charge in [0.25, 0.3) is 11.5 Å². The fraction of sp³-hybridized carbons (Fsp3) is 0.536. The van der Waals surface area contributed by atoms with E-state index in [0.717, 1.165) is 30.5 Å². The zero-order valence-corrected chi connectivity index (χ0v) is 23.1. The Balaban J connectivity index is 1.22. The molecule has 5 heterocycles. The lowest BCUT2D eigenvalue weighted by Gasteiger charge is -2.32. The number of nitrogens with zero attached hydrogens (tertiary/aromatic N) is 5. The van der Waals surface area contributed by atoms with Crippen molar-refractivity contribution >= 4 is 34.5 Å². The number of carbonyl (C=O) groups is 1.